The Morgan fingerprint density at radius 2 is 2.35 bits per heavy atom. The van der Waals surface area contributed by atoms with Crippen molar-refractivity contribution in [2.45, 2.75) is 26.7 Å². The van der Waals surface area contributed by atoms with Crippen LogP contribution < -0.4 is 5.32 Å². The first-order chi connectivity index (χ1) is 8.08. The molecule has 6 heteroatoms. The molecule has 0 saturated heterocycles. The SMILES string of the molecule is CC/C(=C/Nc1ncc(Br)cc1CC)[N+](=O)[O-]. The zero-order valence-corrected chi connectivity index (χ0v) is 11.3. The Kier molecular flexibility index (Phi) is 5.09. The maximum atomic E-state index is 10.6. The van der Waals surface area contributed by atoms with E-state index in [2.05, 4.69) is 26.2 Å². The summed E-state index contributed by atoms with van der Waals surface area (Å²) in [5, 5.41) is 13.5. The molecule has 0 saturated carbocycles. The Labute approximate surface area is 108 Å². The van der Waals surface area contributed by atoms with Crippen LogP contribution in [0.3, 0.4) is 0 Å². The van der Waals surface area contributed by atoms with Gasteiger partial charge in [-0.1, -0.05) is 13.8 Å². The van der Waals surface area contributed by atoms with Crippen molar-refractivity contribution in [3.8, 4) is 0 Å². The molecule has 0 aliphatic carbocycles. The van der Waals surface area contributed by atoms with Gasteiger partial charge in [0.05, 0.1) is 11.1 Å². The molecule has 1 aromatic rings. The summed E-state index contributed by atoms with van der Waals surface area (Å²) in [6.45, 7) is 3.75. The number of halogens is 1. The van der Waals surface area contributed by atoms with Crippen molar-refractivity contribution in [3.05, 3.63) is 44.3 Å². The molecule has 92 valence electrons. The zero-order valence-electron chi connectivity index (χ0n) is 9.74. The third kappa shape index (κ3) is 3.81. The zero-order chi connectivity index (χ0) is 12.8. The van der Waals surface area contributed by atoms with E-state index in [1.807, 2.05) is 13.0 Å². The molecule has 0 unspecified atom stereocenters. The molecule has 0 aliphatic rings. The number of aryl methyl sites for hydroxylation is 1. The van der Waals surface area contributed by atoms with E-state index >= 15 is 0 Å². The van der Waals surface area contributed by atoms with E-state index in [-0.39, 0.29) is 5.70 Å². The normalized spacial score (nSPS) is 11.4. The van der Waals surface area contributed by atoms with Crippen LogP contribution in [0.1, 0.15) is 25.8 Å². The van der Waals surface area contributed by atoms with Crippen molar-refractivity contribution in [2.75, 3.05) is 5.32 Å². The summed E-state index contributed by atoms with van der Waals surface area (Å²) in [7, 11) is 0. The van der Waals surface area contributed by atoms with Crippen LogP contribution >= 0.6 is 15.9 Å². The van der Waals surface area contributed by atoms with Gasteiger partial charge in [0.15, 0.2) is 0 Å². The smallest absolute Gasteiger partial charge is 0.261 e. The molecule has 0 radical (unpaired) electrons. The second-order valence-electron chi connectivity index (χ2n) is 3.41. The molecule has 1 rings (SSSR count). The molecule has 1 heterocycles. The Morgan fingerprint density at radius 3 is 2.88 bits per heavy atom. The Balaban J connectivity index is 2.91. The summed E-state index contributed by atoms with van der Waals surface area (Å²) >= 11 is 3.34. The van der Waals surface area contributed by atoms with Crippen LogP contribution in [0.5, 0.6) is 0 Å². The van der Waals surface area contributed by atoms with E-state index in [9.17, 15) is 10.1 Å². The van der Waals surface area contributed by atoms with Gasteiger partial charge in [-0.15, -0.1) is 0 Å². The van der Waals surface area contributed by atoms with Gasteiger partial charge >= 0.3 is 0 Å². The largest absolute Gasteiger partial charge is 0.341 e. The van der Waals surface area contributed by atoms with E-state index in [4.69, 9.17) is 0 Å². The fourth-order valence-corrected chi connectivity index (χ4v) is 1.69. The fourth-order valence-electron chi connectivity index (χ4n) is 1.32. The van der Waals surface area contributed by atoms with Gasteiger partial charge in [-0.05, 0) is 34.0 Å². The monoisotopic (exact) mass is 299 g/mol. The molecule has 1 aromatic heterocycles. The number of allylic oxidation sites excluding steroid dienone is 1. The number of rotatable bonds is 5. The quantitative estimate of drug-likeness (QED) is 0.669. The van der Waals surface area contributed by atoms with E-state index in [0.29, 0.717) is 12.2 Å². The average Bonchev–Trinajstić information content (AvgIpc) is 2.31. The minimum absolute atomic E-state index is 0.136. The molecule has 0 aromatic carbocycles. The van der Waals surface area contributed by atoms with Gasteiger partial charge in [0.25, 0.3) is 5.70 Å². The lowest BCUT2D eigenvalue weighted by Crippen LogP contribution is -2.03. The predicted octanol–water partition coefficient (Wildman–Crippen LogP) is 3.35. The molecular weight excluding hydrogens is 286 g/mol. The molecule has 5 nitrogen and oxygen atoms in total. The van der Waals surface area contributed by atoms with Gasteiger partial charge in [0.1, 0.15) is 5.82 Å². The number of pyridine rings is 1. The highest BCUT2D eigenvalue weighted by molar-refractivity contribution is 9.10. The summed E-state index contributed by atoms with van der Waals surface area (Å²) in [4.78, 5) is 14.4. The highest BCUT2D eigenvalue weighted by atomic mass is 79.9. The molecule has 0 bridgehead atoms. The van der Waals surface area contributed by atoms with Gasteiger partial charge in [-0.2, -0.15) is 0 Å². The first-order valence-corrected chi connectivity index (χ1v) is 6.12. The summed E-state index contributed by atoms with van der Waals surface area (Å²) < 4.78 is 0.897. The Morgan fingerprint density at radius 1 is 1.65 bits per heavy atom. The lowest BCUT2D eigenvalue weighted by molar-refractivity contribution is -0.427. The van der Waals surface area contributed by atoms with Crippen molar-refractivity contribution in [2.24, 2.45) is 0 Å². The van der Waals surface area contributed by atoms with Crippen molar-refractivity contribution >= 4 is 21.7 Å². The molecule has 1 N–H and O–H groups in total. The van der Waals surface area contributed by atoms with Crippen LogP contribution in [-0.2, 0) is 6.42 Å². The third-order valence-electron chi connectivity index (χ3n) is 2.29. The number of hydrogen-bond donors (Lipinski definition) is 1. The topological polar surface area (TPSA) is 68.1 Å². The van der Waals surface area contributed by atoms with E-state index in [1.165, 1.54) is 6.20 Å². The molecule has 0 aliphatic heterocycles. The molecule has 0 amide bonds. The van der Waals surface area contributed by atoms with Gasteiger partial charge in [-0.3, -0.25) is 10.1 Å². The number of nitro groups is 1. The second-order valence-corrected chi connectivity index (χ2v) is 4.32. The highest BCUT2D eigenvalue weighted by Crippen LogP contribution is 2.18. The van der Waals surface area contributed by atoms with Crippen molar-refractivity contribution in [1.29, 1.82) is 0 Å². The first kappa shape index (κ1) is 13.6. The molecule has 0 spiro atoms. The van der Waals surface area contributed by atoms with E-state index < -0.39 is 4.92 Å². The van der Waals surface area contributed by atoms with Crippen LogP contribution in [0.4, 0.5) is 5.82 Å². The average molecular weight is 300 g/mol. The lowest BCUT2D eigenvalue weighted by atomic mass is 10.2. The lowest BCUT2D eigenvalue weighted by Gasteiger charge is -2.06. The predicted molar refractivity (Wildman–Crippen MR) is 70.3 cm³/mol. The van der Waals surface area contributed by atoms with Crippen LogP contribution in [0.15, 0.2) is 28.6 Å². The van der Waals surface area contributed by atoms with Crippen LogP contribution in [0, 0.1) is 10.1 Å². The second kappa shape index (κ2) is 6.34. The molecule has 0 fully saturated rings. The Hall–Kier alpha value is -1.43. The maximum absolute atomic E-state index is 10.6. The van der Waals surface area contributed by atoms with E-state index in [0.717, 1.165) is 16.5 Å². The van der Waals surface area contributed by atoms with Crippen molar-refractivity contribution in [3.63, 3.8) is 0 Å². The molecular formula is C11H14BrN3O2. The number of nitrogens with zero attached hydrogens (tertiary/aromatic N) is 2. The fraction of sp³-hybridized carbons (Fsp3) is 0.364. The summed E-state index contributed by atoms with van der Waals surface area (Å²) in [6, 6.07) is 1.95. The van der Waals surface area contributed by atoms with Crippen LogP contribution in [0.25, 0.3) is 0 Å². The highest BCUT2D eigenvalue weighted by Gasteiger charge is 2.08. The summed E-state index contributed by atoms with van der Waals surface area (Å²) in [5.74, 6) is 0.656. The third-order valence-corrected chi connectivity index (χ3v) is 2.72. The Bertz CT molecular complexity index is 446. The number of aromatic nitrogens is 1. The maximum Gasteiger partial charge on any atom is 0.261 e. The number of nitrogens with one attached hydrogen (secondary N) is 1. The minimum atomic E-state index is -0.391. The number of hydrogen-bond acceptors (Lipinski definition) is 4. The van der Waals surface area contributed by atoms with Crippen LogP contribution in [-0.4, -0.2) is 9.91 Å². The standard InChI is InChI=1S/C11H14BrN3O2/c1-3-8-5-9(12)6-13-11(8)14-7-10(4-2)15(16)17/h5-7H,3-4H2,1-2H3,(H,13,14)/b10-7-. The number of anilines is 1. The van der Waals surface area contributed by atoms with Gasteiger partial charge in [0.2, 0.25) is 0 Å². The van der Waals surface area contributed by atoms with Gasteiger partial charge < -0.3 is 5.32 Å². The van der Waals surface area contributed by atoms with Gasteiger partial charge in [-0.25, -0.2) is 4.98 Å². The van der Waals surface area contributed by atoms with Crippen LogP contribution in [0.2, 0.25) is 0 Å². The van der Waals surface area contributed by atoms with Crippen molar-refractivity contribution in [1.82, 2.24) is 4.98 Å². The molecule has 0 atom stereocenters. The summed E-state index contributed by atoms with van der Waals surface area (Å²) in [5.41, 5.74) is 1.14. The van der Waals surface area contributed by atoms with E-state index in [1.54, 1.807) is 13.1 Å². The molecule has 17 heavy (non-hydrogen) atoms. The van der Waals surface area contributed by atoms with Gasteiger partial charge in [0, 0.05) is 17.1 Å². The summed E-state index contributed by atoms with van der Waals surface area (Å²) in [6.07, 6.45) is 4.24. The first-order valence-electron chi connectivity index (χ1n) is 5.32. The minimum Gasteiger partial charge on any atom is -0.341 e. The van der Waals surface area contributed by atoms with Crippen molar-refractivity contribution < 1.29 is 4.92 Å².